The minimum absolute atomic E-state index is 0.0935. The molecular weight excluding hydrogens is 206 g/mol. The van der Waals surface area contributed by atoms with Crippen molar-refractivity contribution in [3.05, 3.63) is 18.3 Å². The van der Waals surface area contributed by atoms with Gasteiger partial charge in [0.2, 0.25) is 0 Å². The number of carbonyl (C=O) groups is 1. The summed E-state index contributed by atoms with van der Waals surface area (Å²) in [5.41, 5.74) is 0. The summed E-state index contributed by atoms with van der Waals surface area (Å²) in [7, 11) is 0. The number of nitrogens with zero attached hydrogens (tertiary/aromatic N) is 2. The second-order valence-electron chi connectivity index (χ2n) is 3.88. The number of aromatic hydroxyl groups is 1. The van der Waals surface area contributed by atoms with E-state index in [0.717, 1.165) is 25.9 Å². The van der Waals surface area contributed by atoms with Crippen LogP contribution in [0.25, 0.3) is 0 Å². The van der Waals surface area contributed by atoms with Crippen molar-refractivity contribution in [1.82, 2.24) is 9.88 Å². The van der Waals surface area contributed by atoms with Crippen LogP contribution in [0.1, 0.15) is 19.3 Å². The number of urea groups is 1. The van der Waals surface area contributed by atoms with Gasteiger partial charge in [0.1, 0.15) is 11.6 Å². The number of aromatic nitrogens is 1. The molecular formula is C11H15N3O2. The van der Waals surface area contributed by atoms with Gasteiger partial charge in [-0.05, 0) is 31.4 Å². The predicted octanol–water partition coefficient (Wildman–Crippen LogP) is 1.80. The van der Waals surface area contributed by atoms with Crippen molar-refractivity contribution < 1.29 is 9.90 Å². The SMILES string of the molecule is O=C(Nc1ccc(O)cn1)N1CCCCC1. The van der Waals surface area contributed by atoms with E-state index < -0.39 is 0 Å². The van der Waals surface area contributed by atoms with E-state index in [0.29, 0.717) is 5.82 Å². The van der Waals surface area contributed by atoms with Crippen LogP contribution in [-0.2, 0) is 0 Å². The fourth-order valence-corrected chi connectivity index (χ4v) is 1.75. The maximum absolute atomic E-state index is 11.8. The van der Waals surface area contributed by atoms with Gasteiger partial charge in [-0.3, -0.25) is 5.32 Å². The largest absolute Gasteiger partial charge is 0.506 e. The number of pyridine rings is 1. The standard InChI is InChI=1S/C11H15N3O2/c15-9-4-5-10(12-8-9)13-11(16)14-6-2-1-3-7-14/h4-5,8,15H,1-3,6-7H2,(H,12,13,16). The molecule has 1 aliphatic heterocycles. The van der Waals surface area contributed by atoms with Gasteiger partial charge in [0.25, 0.3) is 0 Å². The molecule has 2 amide bonds. The molecule has 0 aromatic carbocycles. The maximum atomic E-state index is 11.8. The first-order chi connectivity index (χ1) is 7.75. The number of hydrogen-bond acceptors (Lipinski definition) is 3. The summed E-state index contributed by atoms with van der Waals surface area (Å²) in [5.74, 6) is 0.560. The molecule has 0 unspecified atom stereocenters. The molecule has 0 aliphatic carbocycles. The third-order valence-corrected chi connectivity index (χ3v) is 2.63. The van der Waals surface area contributed by atoms with Crippen LogP contribution >= 0.6 is 0 Å². The van der Waals surface area contributed by atoms with Gasteiger partial charge in [-0.15, -0.1) is 0 Å². The fraction of sp³-hybridized carbons (Fsp3) is 0.455. The Morgan fingerprint density at radius 1 is 1.31 bits per heavy atom. The second-order valence-corrected chi connectivity index (χ2v) is 3.88. The van der Waals surface area contributed by atoms with E-state index in [2.05, 4.69) is 10.3 Å². The summed E-state index contributed by atoms with van der Waals surface area (Å²) < 4.78 is 0. The van der Waals surface area contributed by atoms with Crippen molar-refractivity contribution >= 4 is 11.8 Å². The van der Waals surface area contributed by atoms with Crippen LogP contribution in [0.4, 0.5) is 10.6 Å². The average molecular weight is 221 g/mol. The third-order valence-electron chi connectivity index (χ3n) is 2.63. The molecule has 86 valence electrons. The quantitative estimate of drug-likeness (QED) is 0.760. The fourth-order valence-electron chi connectivity index (χ4n) is 1.75. The molecule has 2 N–H and O–H groups in total. The monoisotopic (exact) mass is 221 g/mol. The number of carbonyl (C=O) groups excluding carboxylic acids is 1. The first kappa shape index (κ1) is 10.7. The summed E-state index contributed by atoms with van der Waals surface area (Å²) in [4.78, 5) is 17.5. The number of anilines is 1. The molecule has 2 rings (SSSR count). The number of nitrogens with one attached hydrogen (secondary N) is 1. The lowest BCUT2D eigenvalue weighted by molar-refractivity contribution is 0.200. The van der Waals surface area contributed by atoms with Crippen LogP contribution in [0.3, 0.4) is 0 Å². The third kappa shape index (κ3) is 2.62. The lowest BCUT2D eigenvalue weighted by Crippen LogP contribution is -2.38. The molecule has 1 aromatic heterocycles. The normalized spacial score (nSPS) is 15.9. The molecule has 0 spiro atoms. The number of likely N-dealkylation sites (tertiary alicyclic amines) is 1. The molecule has 1 saturated heterocycles. The van der Waals surface area contributed by atoms with Crippen LogP contribution in [-0.4, -0.2) is 34.1 Å². The van der Waals surface area contributed by atoms with Gasteiger partial charge in [-0.2, -0.15) is 0 Å². The molecule has 2 heterocycles. The molecule has 5 heteroatoms. The molecule has 1 aliphatic rings. The summed E-state index contributed by atoms with van der Waals surface area (Å²) in [6.45, 7) is 1.62. The Hall–Kier alpha value is -1.78. The number of amides is 2. The van der Waals surface area contributed by atoms with Gasteiger partial charge in [0.15, 0.2) is 0 Å². The highest BCUT2D eigenvalue weighted by atomic mass is 16.3. The molecule has 0 saturated carbocycles. The molecule has 1 fully saturated rings. The zero-order valence-corrected chi connectivity index (χ0v) is 9.02. The topological polar surface area (TPSA) is 65.5 Å². The van der Waals surface area contributed by atoms with Crippen molar-refractivity contribution in [3.63, 3.8) is 0 Å². The lowest BCUT2D eigenvalue weighted by Gasteiger charge is -2.26. The summed E-state index contributed by atoms with van der Waals surface area (Å²) in [5, 5.41) is 11.8. The van der Waals surface area contributed by atoms with Crippen LogP contribution in [0.15, 0.2) is 18.3 Å². The van der Waals surface area contributed by atoms with E-state index in [-0.39, 0.29) is 11.8 Å². The van der Waals surface area contributed by atoms with Crippen LogP contribution in [0.5, 0.6) is 5.75 Å². The van der Waals surface area contributed by atoms with Gasteiger partial charge in [0, 0.05) is 13.1 Å². The average Bonchev–Trinajstić information content (AvgIpc) is 2.33. The Morgan fingerprint density at radius 3 is 2.69 bits per heavy atom. The Kier molecular flexibility index (Phi) is 3.24. The number of rotatable bonds is 1. The summed E-state index contributed by atoms with van der Waals surface area (Å²) in [6.07, 6.45) is 4.64. The van der Waals surface area contributed by atoms with Crippen molar-refractivity contribution in [3.8, 4) is 5.75 Å². The van der Waals surface area contributed by atoms with Gasteiger partial charge in [0.05, 0.1) is 6.20 Å². The predicted molar refractivity (Wildman–Crippen MR) is 60.3 cm³/mol. The number of hydrogen-bond donors (Lipinski definition) is 2. The first-order valence-electron chi connectivity index (χ1n) is 5.46. The van der Waals surface area contributed by atoms with Crippen LogP contribution in [0, 0.1) is 0 Å². The zero-order valence-electron chi connectivity index (χ0n) is 9.02. The van der Waals surface area contributed by atoms with Crippen molar-refractivity contribution in [2.75, 3.05) is 18.4 Å². The first-order valence-corrected chi connectivity index (χ1v) is 5.46. The molecule has 5 nitrogen and oxygen atoms in total. The Balaban J connectivity index is 1.93. The molecule has 0 atom stereocenters. The van der Waals surface area contributed by atoms with E-state index in [1.54, 1.807) is 11.0 Å². The lowest BCUT2D eigenvalue weighted by atomic mass is 10.1. The van der Waals surface area contributed by atoms with Crippen molar-refractivity contribution in [2.45, 2.75) is 19.3 Å². The second kappa shape index (κ2) is 4.83. The van der Waals surface area contributed by atoms with Crippen LogP contribution < -0.4 is 5.32 Å². The summed E-state index contributed by atoms with van der Waals surface area (Å²) >= 11 is 0. The van der Waals surface area contributed by atoms with Gasteiger partial charge < -0.3 is 10.0 Å². The Morgan fingerprint density at radius 2 is 2.06 bits per heavy atom. The van der Waals surface area contributed by atoms with E-state index >= 15 is 0 Å². The minimum Gasteiger partial charge on any atom is -0.506 e. The molecule has 16 heavy (non-hydrogen) atoms. The van der Waals surface area contributed by atoms with Gasteiger partial charge >= 0.3 is 6.03 Å². The number of piperidine rings is 1. The smallest absolute Gasteiger partial charge is 0.323 e. The summed E-state index contributed by atoms with van der Waals surface area (Å²) in [6, 6.07) is 2.97. The molecule has 0 radical (unpaired) electrons. The molecule has 0 bridgehead atoms. The van der Waals surface area contributed by atoms with E-state index in [4.69, 9.17) is 5.11 Å². The highest BCUT2D eigenvalue weighted by molar-refractivity contribution is 5.88. The highest BCUT2D eigenvalue weighted by Gasteiger charge is 2.16. The minimum atomic E-state index is -0.113. The highest BCUT2D eigenvalue weighted by Crippen LogP contribution is 2.13. The van der Waals surface area contributed by atoms with E-state index in [9.17, 15) is 4.79 Å². The van der Waals surface area contributed by atoms with Gasteiger partial charge in [-0.25, -0.2) is 9.78 Å². The van der Waals surface area contributed by atoms with Crippen molar-refractivity contribution in [2.24, 2.45) is 0 Å². The van der Waals surface area contributed by atoms with Gasteiger partial charge in [-0.1, -0.05) is 0 Å². The van der Waals surface area contributed by atoms with Crippen molar-refractivity contribution in [1.29, 1.82) is 0 Å². The Bertz CT molecular complexity index is 358. The zero-order chi connectivity index (χ0) is 11.4. The molecule has 1 aromatic rings. The van der Waals surface area contributed by atoms with Crippen LogP contribution in [0.2, 0.25) is 0 Å². The van der Waals surface area contributed by atoms with E-state index in [1.807, 2.05) is 0 Å². The Labute approximate surface area is 94.1 Å². The van der Waals surface area contributed by atoms with E-state index in [1.165, 1.54) is 18.7 Å². The maximum Gasteiger partial charge on any atom is 0.323 e.